The lowest BCUT2D eigenvalue weighted by atomic mass is 10.1. The van der Waals surface area contributed by atoms with E-state index in [2.05, 4.69) is 5.32 Å². The molecule has 0 bridgehead atoms. The number of benzene rings is 2. The molecule has 0 aliphatic carbocycles. The zero-order chi connectivity index (χ0) is 25.9. The van der Waals surface area contributed by atoms with Gasteiger partial charge in [0.05, 0.1) is 11.2 Å². The zero-order valence-corrected chi connectivity index (χ0v) is 20.3. The van der Waals surface area contributed by atoms with Crippen LogP contribution in [0.25, 0.3) is 0 Å². The summed E-state index contributed by atoms with van der Waals surface area (Å²) in [6.07, 6.45) is 1.25. The quantitative estimate of drug-likeness (QED) is 0.520. The third-order valence-corrected chi connectivity index (χ3v) is 7.77. The van der Waals surface area contributed by atoms with E-state index in [9.17, 15) is 27.2 Å². The van der Waals surface area contributed by atoms with Crippen LogP contribution in [0.1, 0.15) is 20.9 Å². The molecular weight excluding hydrogens is 513 g/mol. The predicted molar refractivity (Wildman–Crippen MR) is 127 cm³/mol. The Labute approximate surface area is 211 Å². The molecule has 1 N–H and O–H groups in total. The first-order valence-electron chi connectivity index (χ1n) is 10.8. The van der Waals surface area contributed by atoms with Gasteiger partial charge < -0.3 is 19.5 Å². The molecule has 12 heteroatoms. The van der Waals surface area contributed by atoms with Gasteiger partial charge in [-0.1, -0.05) is 11.6 Å². The molecule has 1 atom stereocenters. The molecule has 1 aromatic heterocycles. The topological polar surface area (TPSA) is 117 Å². The molecule has 3 aromatic rings. The first-order chi connectivity index (χ1) is 17.2. The molecule has 36 heavy (non-hydrogen) atoms. The van der Waals surface area contributed by atoms with Crippen molar-refractivity contribution < 1.29 is 31.6 Å². The standard InChI is InChI=1S/C24H21ClFN3O6S/c25-17-5-9-19(10-6-17)36(33,34)22(27-21(30)20-2-1-15-35-20)24(32)29-13-11-28(12-14-29)23(31)16-3-7-18(26)8-4-16/h1-10,15,22H,11-14H2,(H,27,30). The average molecular weight is 534 g/mol. The number of furan rings is 1. The molecule has 1 saturated heterocycles. The van der Waals surface area contributed by atoms with E-state index in [4.69, 9.17) is 16.0 Å². The average Bonchev–Trinajstić information content (AvgIpc) is 3.42. The number of piperazine rings is 1. The van der Waals surface area contributed by atoms with Crippen LogP contribution in [0.3, 0.4) is 0 Å². The van der Waals surface area contributed by atoms with E-state index in [1.165, 1.54) is 76.7 Å². The summed E-state index contributed by atoms with van der Waals surface area (Å²) in [6, 6.07) is 13.1. The molecule has 1 aliphatic heterocycles. The maximum Gasteiger partial charge on any atom is 0.288 e. The van der Waals surface area contributed by atoms with Gasteiger partial charge in [-0.05, 0) is 60.7 Å². The van der Waals surface area contributed by atoms with Crippen LogP contribution < -0.4 is 5.32 Å². The maximum absolute atomic E-state index is 13.4. The second kappa shape index (κ2) is 10.5. The summed E-state index contributed by atoms with van der Waals surface area (Å²) in [4.78, 5) is 41.3. The number of sulfone groups is 1. The van der Waals surface area contributed by atoms with Gasteiger partial charge in [-0.15, -0.1) is 0 Å². The number of amides is 3. The number of hydrogen-bond donors (Lipinski definition) is 1. The summed E-state index contributed by atoms with van der Waals surface area (Å²) >= 11 is 5.87. The Bertz CT molecular complexity index is 1350. The van der Waals surface area contributed by atoms with Crippen molar-refractivity contribution in [1.29, 1.82) is 0 Å². The van der Waals surface area contributed by atoms with Crippen molar-refractivity contribution in [2.24, 2.45) is 0 Å². The summed E-state index contributed by atoms with van der Waals surface area (Å²) < 4.78 is 45.0. The molecule has 4 rings (SSSR count). The third-order valence-electron chi connectivity index (χ3n) is 5.65. The van der Waals surface area contributed by atoms with Crippen LogP contribution >= 0.6 is 11.6 Å². The molecule has 2 heterocycles. The molecule has 2 aromatic carbocycles. The second-order valence-electron chi connectivity index (χ2n) is 7.95. The lowest BCUT2D eigenvalue weighted by Crippen LogP contribution is -2.57. The van der Waals surface area contributed by atoms with Gasteiger partial charge in [-0.2, -0.15) is 0 Å². The molecule has 1 aliphatic rings. The number of halogens is 2. The van der Waals surface area contributed by atoms with Crippen molar-refractivity contribution in [3.63, 3.8) is 0 Å². The first kappa shape index (κ1) is 25.4. The zero-order valence-electron chi connectivity index (χ0n) is 18.8. The number of carbonyl (C=O) groups is 3. The second-order valence-corrected chi connectivity index (χ2v) is 10.4. The molecule has 0 radical (unpaired) electrons. The van der Waals surface area contributed by atoms with E-state index < -0.39 is 32.8 Å². The van der Waals surface area contributed by atoms with Crippen LogP contribution in [-0.4, -0.2) is 67.5 Å². The van der Waals surface area contributed by atoms with Gasteiger partial charge in [-0.25, -0.2) is 12.8 Å². The van der Waals surface area contributed by atoms with Gasteiger partial charge in [0.25, 0.3) is 17.7 Å². The number of carbonyl (C=O) groups excluding carboxylic acids is 3. The maximum atomic E-state index is 13.4. The SMILES string of the molecule is O=C(NC(C(=O)N1CCN(C(=O)c2ccc(F)cc2)CC1)S(=O)(=O)c1ccc(Cl)cc1)c1ccco1. The number of nitrogens with one attached hydrogen (secondary N) is 1. The van der Waals surface area contributed by atoms with Crippen LogP contribution in [-0.2, 0) is 14.6 Å². The van der Waals surface area contributed by atoms with Gasteiger partial charge in [0.1, 0.15) is 5.82 Å². The van der Waals surface area contributed by atoms with Gasteiger partial charge in [-0.3, -0.25) is 14.4 Å². The van der Waals surface area contributed by atoms with Crippen molar-refractivity contribution in [2.45, 2.75) is 10.3 Å². The number of nitrogens with zero attached hydrogens (tertiary/aromatic N) is 2. The lowest BCUT2D eigenvalue weighted by Gasteiger charge is -2.36. The van der Waals surface area contributed by atoms with Gasteiger partial charge in [0, 0.05) is 36.8 Å². The van der Waals surface area contributed by atoms with Crippen molar-refractivity contribution in [3.05, 3.63) is 89.1 Å². The summed E-state index contributed by atoms with van der Waals surface area (Å²) in [5.74, 6) is -2.68. The molecule has 0 saturated carbocycles. The van der Waals surface area contributed by atoms with Crippen molar-refractivity contribution in [3.8, 4) is 0 Å². The fourth-order valence-electron chi connectivity index (χ4n) is 3.70. The van der Waals surface area contributed by atoms with Crippen molar-refractivity contribution >= 4 is 39.2 Å². The van der Waals surface area contributed by atoms with E-state index in [0.717, 1.165) is 0 Å². The number of hydrogen-bond acceptors (Lipinski definition) is 6. The third kappa shape index (κ3) is 5.42. The van der Waals surface area contributed by atoms with Crippen LogP contribution in [0.5, 0.6) is 0 Å². The Morgan fingerprint density at radius 1 is 0.917 bits per heavy atom. The van der Waals surface area contributed by atoms with E-state index in [1.54, 1.807) is 0 Å². The normalized spacial score (nSPS) is 14.8. The minimum atomic E-state index is -4.37. The monoisotopic (exact) mass is 533 g/mol. The van der Waals surface area contributed by atoms with Crippen LogP contribution in [0, 0.1) is 5.82 Å². The molecule has 1 fully saturated rings. The fraction of sp³-hybridized carbons (Fsp3) is 0.208. The van der Waals surface area contributed by atoms with Crippen molar-refractivity contribution in [2.75, 3.05) is 26.2 Å². The Balaban J connectivity index is 1.53. The summed E-state index contributed by atoms with van der Waals surface area (Å²) in [5.41, 5.74) is 0.296. The van der Waals surface area contributed by atoms with E-state index in [-0.39, 0.29) is 42.7 Å². The lowest BCUT2D eigenvalue weighted by molar-refractivity contribution is -0.132. The molecule has 3 amide bonds. The Hall–Kier alpha value is -3.70. The molecule has 0 spiro atoms. The summed E-state index contributed by atoms with van der Waals surface area (Å²) in [6.45, 7) is 0.327. The first-order valence-corrected chi connectivity index (χ1v) is 12.8. The summed E-state index contributed by atoms with van der Waals surface area (Å²) in [7, 11) is -4.37. The molecule has 1 unspecified atom stereocenters. The fourth-order valence-corrected chi connectivity index (χ4v) is 5.29. The molecule has 9 nitrogen and oxygen atoms in total. The molecule has 188 valence electrons. The van der Waals surface area contributed by atoms with Gasteiger partial charge in [0.15, 0.2) is 5.76 Å². The van der Waals surface area contributed by atoms with Crippen molar-refractivity contribution in [1.82, 2.24) is 15.1 Å². The Morgan fingerprint density at radius 3 is 2.11 bits per heavy atom. The highest BCUT2D eigenvalue weighted by atomic mass is 35.5. The van der Waals surface area contributed by atoms with Gasteiger partial charge in [0.2, 0.25) is 15.2 Å². The van der Waals surface area contributed by atoms with E-state index >= 15 is 0 Å². The smallest absolute Gasteiger partial charge is 0.288 e. The minimum absolute atomic E-state index is 0.0367. The highest BCUT2D eigenvalue weighted by molar-refractivity contribution is 7.92. The van der Waals surface area contributed by atoms with Crippen LogP contribution in [0.15, 0.2) is 76.2 Å². The van der Waals surface area contributed by atoms with E-state index in [1.807, 2.05) is 0 Å². The highest BCUT2D eigenvalue weighted by Crippen LogP contribution is 2.21. The predicted octanol–water partition coefficient (Wildman–Crippen LogP) is 2.59. The van der Waals surface area contributed by atoms with Gasteiger partial charge >= 0.3 is 0 Å². The van der Waals surface area contributed by atoms with Crippen LogP contribution in [0.2, 0.25) is 5.02 Å². The van der Waals surface area contributed by atoms with Crippen LogP contribution in [0.4, 0.5) is 4.39 Å². The number of rotatable bonds is 6. The van der Waals surface area contributed by atoms with E-state index in [0.29, 0.717) is 10.6 Å². The minimum Gasteiger partial charge on any atom is -0.459 e. The highest BCUT2D eigenvalue weighted by Gasteiger charge is 2.40. The Kier molecular flexibility index (Phi) is 7.41. The molecular formula is C24H21ClFN3O6S. The Morgan fingerprint density at radius 2 is 1.53 bits per heavy atom. The largest absolute Gasteiger partial charge is 0.459 e. The summed E-state index contributed by atoms with van der Waals surface area (Å²) in [5, 5.41) is 0.644.